The Hall–Kier alpha value is -3.42. The van der Waals surface area contributed by atoms with Gasteiger partial charge in [0.2, 0.25) is 5.91 Å². The van der Waals surface area contributed by atoms with Crippen LogP contribution in [0.25, 0.3) is 0 Å². The number of nitrogens with zero attached hydrogens (tertiary/aromatic N) is 1. The van der Waals surface area contributed by atoms with Gasteiger partial charge in [0.15, 0.2) is 0 Å². The molecule has 2 rings (SSSR count). The molecule has 25 heavy (non-hydrogen) atoms. The molecule has 0 saturated carbocycles. The lowest BCUT2D eigenvalue weighted by molar-refractivity contribution is -0.384. The minimum atomic E-state index is -0.598. The third kappa shape index (κ3) is 4.31. The molecule has 0 unspecified atom stereocenters. The van der Waals surface area contributed by atoms with Crippen LogP contribution >= 0.6 is 0 Å². The van der Waals surface area contributed by atoms with E-state index in [1.54, 1.807) is 31.2 Å². The van der Waals surface area contributed by atoms with Crippen LogP contribution < -0.4 is 15.6 Å². The van der Waals surface area contributed by atoms with E-state index in [1.807, 2.05) is 0 Å². The Morgan fingerprint density at radius 3 is 2.32 bits per heavy atom. The standard InChI is InChI=1S/C17H17N3O5/c1-11(12-7-9-13(10-8-12)20(23)24)16(21)18-19-17(22)14-5-3-4-6-15(14)25-2/h3-11H,1-2H3,(H,18,21)(H,19,22)/t11-/m1/s1. The second kappa shape index (κ2) is 7.91. The van der Waals surface area contributed by atoms with E-state index >= 15 is 0 Å². The van der Waals surface area contributed by atoms with Crippen molar-refractivity contribution in [1.29, 1.82) is 0 Å². The Balaban J connectivity index is 1.99. The molecule has 2 aromatic carbocycles. The molecule has 0 fully saturated rings. The van der Waals surface area contributed by atoms with Crippen LogP contribution in [0.15, 0.2) is 48.5 Å². The maximum atomic E-state index is 12.2. The highest BCUT2D eigenvalue weighted by Gasteiger charge is 2.18. The van der Waals surface area contributed by atoms with Crippen LogP contribution in [0.5, 0.6) is 5.75 Å². The summed E-state index contributed by atoms with van der Waals surface area (Å²) < 4.78 is 5.09. The number of methoxy groups -OCH3 is 1. The van der Waals surface area contributed by atoms with Gasteiger partial charge in [0.05, 0.1) is 23.5 Å². The Morgan fingerprint density at radius 2 is 1.72 bits per heavy atom. The molecule has 2 N–H and O–H groups in total. The lowest BCUT2D eigenvalue weighted by Gasteiger charge is -2.14. The van der Waals surface area contributed by atoms with E-state index in [0.717, 1.165) is 0 Å². The van der Waals surface area contributed by atoms with Gasteiger partial charge in [-0.05, 0) is 24.6 Å². The summed E-state index contributed by atoms with van der Waals surface area (Å²) in [5.74, 6) is -1.17. The number of para-hydroxylation sites is 1. The summed E-state index contributed by atoms with van der Waals surface area (Å²) in [4.78, 5) is 34.4. The van der Waals surface area contributed by atoms with E-state index in [9.17, 15) is 19.7 Å². The van der Waals surface area contributed by atoms with Gasteiger partial charge in [-0.2, -0.15) is 0 Å². The van der Waals surface area contributed by atoms with Gasteiger partial charge in [0.1, 0.15) is 5.75 Å². The zero-order chi connectivity index (χ0) is 18.4. The number of nitrogens with one attached hydrogen (secondary N) is 2. The summed E-state index contributed by atoms with van der Waals surface area (Å²) in [6, 6.07) is 12.3. The molecule has 130 valence electrons. The minimum absolute atomic E-state index is 0.0548. The number of amides is 2. The molecule has 2 aromatic rings. The number of carbonyl (C=O) groups is 2. The number of benzene rings is 2. The SMILES string of the molecule is COc1ccccc1C(=O)NNC(=O)[C@H](C)c1ccc([N+](=O)[O-])cc1. The van der Waals surface area contributed by atoms with Crippen molar-refractivity contribution in [2.45, 2.75) is 12.8 Å². The molecule has 0 aliphatic heterocycles. The molecule has 0 radical (unpaired) electrons. The summed E-state index contributed by atoms with van der Waals surface area (Å²) in [5, 5.41) is 10.6. The first-order valence-electron chi connectivity index (χ1n) is 7.41. The number of hydrogen-bond acceptors (Lipinski definition) is 5. The van der Waals surface area contributed by atoms with E-state index in [0.29, 0.717) is 11.3 Å². The highest BCUT2D eigenvalue weighted by molar-refractivity contribution is 5.98. The summed E-state index contributed by atoms with van der Waals surface area (Å²) in [5.41, 5.74) is 5.49. The molecule has 0 aliphatic carbocycles. The fourth-order valence-corrected chi connectivity index (χ4v) is 2.16. The van der Waals surface area contributed by atoms with E-state index in [-0.39, 0.29) is 11.3 Å². The number of rotatable bonds is 5. The van der Waals surface area contributed by atoms with Crippen molar-refractivity contribution in [2.24, 2.45) is 0 Å². The van der Waals surface area contributed by atoms with E-state index in [2.05, 4.69) is 10.9 Å². The van der Waals surface area contributed by atoms with E-state index in [4.69, 9.17) is 4.74 Å². The molecule has 1 atom stereocenters. The number of carbonyl (C=O) groups excluding carboxylic acids is 2. The van der Waals surface area contributed by atoms with Gasteiger partial charge in [-0.1, -0.05) is 24.3 Å². The quantitative estimate of drug-likeness (QED) is 0.638. The maximum absolute atomic E-state index is 12.2. The Morgan fingerprint density at radius 1 is 1.08 bits per heavy atom. The summed E-state index contributed by atoms with van der Waals surface area (Å²) in [6.45, 7) is 1.63. The van der Waals surface area contributed by atoms with Crippen LogP contribution in [0.1, 0.15) is 28.8 Å². The zero-order valence-corrected chi connectivity index (χ0v) is 13.7. The van der Waals surface area contributed by atoms with Crippen molar-refractivity contribution in [3.05, 3.63) is 69.8 Å². The van der Waals surface area contributed by atoms with Crippen LogP contribution in [0, 0.1) is 10.1 Å². The number of nitro groups is 1. The number of nitro benzene ring substituents is 1. The van der Waals surface area contributed by atoms with Gasteiger partial charge in [-0.25, -0.2) is 0 Å². The number of hydrazine groups is 1. The topological polar surface area (TPSA) is 111 Å². The fraction of sp³-hybridized carbons (Fsp3) is 0.176. The first-order chi connectivity index (χ1) is 11.9. The van der Waals surface area contributed by atoms with Gasteiger partial charge in [-0.15, -0.1) is 0 Å². The largest absolute Gasteiger partial charge is 0.496 e. The van der Waals surface area contributed by atoms with E-state index < -0.39 is 22.7 Å². The normalized spacial score (nSPS) is 11.3. The van der Waals surface area contributed by atoms with Crippen LogP contribution in [0.3, 0.4) is 0 Å². The van der Waals surface area contributed by atoms with Crippen molar-refractivity contribution in [2.75, 3.05) is 7.11 Å². The molecule has 8 heteroatoms. The maximum Gasteiger partial charge on any atom is 0.273 e. The smallest absolute Gasteiger partial charge is 0.273 e. The third-order valence-electron chi connectivity index (χ3n) is 3.65. The molecule has 0 aromatic heterocycles. The Kier molecular flexibility index (Phi) is 5.67. The average Bonchev–Trinajstić information content (AvgIpc) is 2.65. The monoisotopic (exact) mass is 343 g/mol. The molecule has 0 saturated heterocycles. The molecular weight excluding hydrogens is 326 g/mol. The lowest BCUT2D eigenvalue weighted by atomic mass is 10.0. The molecule has 0 aliphatic rings. The highest BCUT2D eigenvalue weighted by atomic mass is 16.6. The van der Waals surface area contributed by atoms with Crippen molar-refractivity contribution in [1.82, 2.24) is 10.9 Å². The molecule has 8 nitrogen and oxygen atoms in total. The molecule has 0 bridgehead atoms. The summed E-state index contributed by atoms with van der Waals surface area (Å²) in [6.07, 6.45) is 0. The van der Waals surface area contributed by atoms with Crippen molar-refractivity contribution < 1.29 is 19.2 Å². The van der Waals surface area contributed by atoms with Gasteiger partial charge in [0, 0.05) is 12.1 Å². The Bertz CT molecular complexity index is 789. The highest BCUT2D eigenvalue weighted by Crippen LogP contribution is 2.19. The summed E-state index contributed by atoms with van der Waals surface area (Å²) in [7, 11) is 1.45. The average molecular weight is 343 g/mol. The number of non-ortho nitro benzene ring substituents is 1. The Labute approximate surface area is 143 Å². The zero-order valence-electron chi connectivity index (χ0n) is 13.7. The van der Waals surface area contributed by atoms with Crippen LogP contribution in [-0.4, -0.2) is 23.8 Å². The summed E-state index contributed by atoms with van der Waals surface area (Å²) >= 11 is 0. The van der Waals surface area contributed by atoms with Crippen LogP contribution in [0.2, 0.25) is 0 Å². The predicted molar refractivity (Wildman–Crippen MR) is 90.1 cm³/mol. The van der Waals surface area contributed by atoms with Crippen molar-refractivity contribution >= 4 is 17.5 Å². The fourth-order valence-electron chi connectivity index (χ4n) is 2.16. The van der Waals surface area contributed by atoms with Gasteiger partial charge in [-0.3, -0.25) is 30.6 Å². The number of hydrogen-bond donors (Lipinski definition) is 2. The molecule has 0 spiro atoms. The third-order valence-corrected chi connectivity index (χ3v) is 3.65. The molecule has 2 amide bonds. The van der Waals surface area contributed by atoms with Crippen molar-refractivity contribution in [3.63, 3.8) is 0 Å². The first-order valence-corrected chi connectivity index (χ1v) is 7.41. The molecule has 0 heterocycles. The van der Waals surface area contributed by atoms with Crippen LogP contribution in [0.4, 0.5) is 5.69 Å². The molecular formula is C17H17N3O5. The lowest BCUT2D eigenvalue weighted by Crippen LogP contribution is -2.43. The second-order valence-electron chi connectivity index (χ2n) is 5.21. The first kappa shape index (κ1) is 17.9. The minimum Gasteiger partial charge on any atom is -0.496 e. The van der Waals surface area contributed by atoms with Gasteiger partial charge >= 0.3 is 0 Å². The second-order valence-corrected chi connectivity index (χ2v) is 5.21. The van der Waals surface area contributed by atoms with Crippen molar-refractivity contribution in [3.8, 4) is 5.75 Å². The van der Waals surface area contributed by atoms with Gasteiger partial charge < -0.3 is 4.74 Å². The van der Waals surface area contributed by atoms with E-state index in [1.165, 1.54) is 31.4 Å². The number of ether oxygens (including phenoxy) is 1. The van der Waals surface area contributed by atoms with Gasteiger partial charge in [0.25, 0.3) is 11.6 Å². The van der Waals surface area contributed by atoms with Crippen LogP contribution in [-0.2, 0) is 4.79 Å². The predicted octanol–water partition coefficient (Wildman–Crippen LogP) is 2.17.